The van der Waals surface area contributed by atoms with Gasteiger partial charge in [0.1, 0.15) is 0 Å². The normalized spacial score (nSPS) is 16.9. The third-order valence-electron chi connectivity index (χ3n) is 2.60. The van der Waals surface area contributed by atoms with Crippen LogP contribution in [0.1, 0.15) is 30.6 Å². The molecule has 15 heavy (non-hydrogen) atoms. The lowest BCUT2D eigenvalue weighted by Crippen LogP contribution is -2.36. The average molecular weight is 222 g/mol. The van der Waals surface area contributed by atoms with Gasteiger partial charge in [-0.05, 0) is 25.5 Å². The van der Waals surface area contributed by atoms with Crippen LogP contribution in [0.2, 0.25) is 0 Å². The van der Waals surface area contributed by atoms with Crippen molar-refractivity contribution in [3.05, 3.63) is 29.8 Å². The lowest BCUT2D eigenvalue weighted by Gasteiger charge is -2.31. The topological polar surface area (TPSA) is 32.3 Å². The number of carbonyl (C=O) groups excluding carboxylic acids is 1. The van der Waals surface area contributed by atoms with E-state index in [-0.39, 0.29) is 11.9 Å². The van der Waals surface area contributed by atoms with Crippen LogP contribution in [0.3, 0.4) is 0 Å². The van der Waals surface area contributed by atoms with Crippen LogP contribution in [0.4, 0.5) is 5.69 Å². The maximum Gasteiger partial charge on any atom is 0.267 e. The highest BCUT2D eigenvalue weighted by Gasteiger charge is 2.27. The zero-order valence-corrected chi connectivity index (χ0v) is 9.67. The number of hydrogen-bond acceptors (Lipinski definition) is 3. The lowest BCUT2D eigenvalue weighted by molar-refractivity contribution is 0.0838. The van der Waals surface area contributed by atoms with Gasteiger partial charge >= 0.3 is 0 Å². The van der Waals surface area contributed by atoms with Crippen molar-refractivity contribution in [1.29, 1.82) is 0 Å². The van der Waals surface area contributed by atoms with Crippen LogP contribution in [0.5, 0.6) is 0 Å². The Morgan fingerprint density at radius 2 is 2.20 bits per heavy atom. The highest BCUT2D eigenvalue weighted by Crippen LogP contribution is 2.31. The molecule has 0 radical (unpaired) electrons. The van der Waals surface area contributed by atoms with Crippen molar-refractivity contribution in [3.8, 4) is 0 Å². The highest BCUT2D eigenvalue weighted by molar-refractivity contribution is 7.99. The quantitative estimate of drug-likeness (QED) is 0.781. The zero-order chi connectivity index (χ0) is 10.8. The first-order valence-corrected chi connectivity index (χ1v) is 5.87. The molecule has 1 aromatic rings. The van der Waals surface area contributed by atoms with E-state index in [1.807, 2.05) is 24.3 Å². The molecule has 3 nitrogen and oxygen atoms in total. The molecule has 1 amide bonds. The van der Waals surface area contributed by atoms with Gasteiger partial charge in [-0.3, -0.25) is 9.10 Å². The summed E-state index contributed by atoms with van der Waals surface area (Å²) >= 11 is 1.38. The van der Waals surface area contributed by atoms with Gasteiger partial charge in [0, 0.05) is 6.04 Å². The van der Waals surface area contributed by atoms with Crippen molar-refractivity contribution >= 4 is 23.7 Å². The molecule has 2 rings (SSSR count). The zero-order valence-electron chi connectivity index (χ0n) is 8.86. The second kappa shape index (κ2) is 4.14. The fourth-order valence-corrected chi connectivity index (χ4v) is 2.36. The molecule has 1 N–H and O–H groups in total. The van der Waals surface area contributed by atoms with Crippen LogP contribution < -0.4 is 4.72 Å². The summed E-state index contributed by atoms with van der Waals surface area (Å²) in [6.45, 7) is 4.14. The standard InChI is InChI=1S/C11H14N2OS/c1-3-8(2)13-11(14)9-6-4-5-7-10(9)12-15-13/h4-8,12H,3H2,1-2H3. The Bertz CT molecular complexity index is 381. The fraction of sp³-hybridized carbons (Fsp3) is 0.364. The monoisotopic (exact) mass is 222 g/mol. The number of anilines is 1. The molecule has 0 saturated carbocycles. The molecule has 1 unspecified atom stereocenters. The Morgan fingerprint density at radius 3 is 2.93 bits per heavy atom. The van der Waals surface area contributed by atoms with Gasteiger partial charge in [0.15, 0.2) is 0 Å². The van der Waals surface area contributed by atoms with E-state index in [1.54, 1.807) is 4.31 Å². The summed E-state index contributed by atoms with van der Waals surface area (Å²) in [5.41, 5.74) is 1.67. The molecule has 4 heteroatoms. The second-order valence-electron chi connectivity index (χ2n) is 3.63. The lowest BCUT2D eigenvalue weighted by atomic mass is 10.1. The Balaban J connectivity index is 2.30. The van der Waals surface area contributed by atoms with Gasteiger partial charge in [-0.15, -0.1) is 0 Å². The van der Waals surface area contributed by atoms with Gasteiger partial charge in [-0.25, -0.2) is 0 Å². The molecule has 0 fully saturated rings. The van der Waals surface area contributed by atoms with E-state index in [0.29, 0.717) is 0 Å². The molecule has 1 atom stereocenters. The first kappa shape index (κ1) is 10.4. The van der Waals surface area contributed by atoms with Crippen molar-refractivity contribution in [2.75, 3.05) is 4.72 Å². The summed E-state index contributed by atoms with van der Waals surface area (Å²) < 4.78 is 4.97. The number of benzene rings is 1. The Morgan fingerprint density at radius 1 is 1.47 bits per heavy atom. The molecule has 1 aliphatic rings. The summed E-state index contributed by atoms with van der Waals surface area (Å²) in [6, 6.07) is 7.86. The van der Waals surface area contributed by atoms with E-state index >= 15 is 0 Å². The first-order chi connectivity index (χ1) is 7.24. The van der Waals surface area contributed by atoms with Gasteiger partial charge in [-0.1, -0.05) is 19.1 Å². The molecule has 80 valence electrons. The number of nitrogens with zero attached hydrogens (tertiary/aromatic N) is 1. The number of nitrogens with one attached hydrogen (secondary N) is 1. The SMILES string of the molecule is CCC(C)N1SNc2ccccc2C1=O. The molecule has 0 aromatic heterocycles. The highest BCUT2D eigenvalue weighted by atomic mass is 32.2. The summed E-state index contributed by atoms with van der Waals surface area (Å²) in [4.78, 5) is 12.1. The average Bonchev–Trinajstić information content (AvgIpc) is 2.29. The number of rotatable bonds is 2. The fourth-order valence-electron chi connectivity index (χ4n) is 1.47. The largest absolute Gasteiger partial charge is 0.311 e. The predicted molar refractivity (Wildman–Crippen MR) is 63.6 cm³/mol. The van der Waals surface area contributed by atoms with Crippen molar-refractivity contribution in [2.24, 2.45) is 0 Å². The minimum atomic E-state index is 0.101. The van der Waals surface area contributed by atoms with Crippen molar-refractivity contribution in [1.82, 2.24) is 4.31 Å². The van der Waals surface area contributed by atoms with Gasteiger partial charge in [0.25, 0.3) is 5.91 Å². The first-order valence-electron chi connectivity index (χ1n) is 5.09. The molecular formula is C11H14N2OS. The number of amides is 1. The van der Waals surface area contributed by atoms with E-state index < -0.39 is 0 Å². The van der Waals surface area contributed by atoms with Crippen LogP contribution in [0.25, 0.3) is 0 Å². The van der Waals surface area contributed by atoms with E-state index in [9.17, 15) is 4.79 Å². The van der Waals surface area contributed by atoms with Crippen LogP contribution in [0.15, 0.2) is 24.3 Å². The van der Waals surface area contributed by atoms with E-state index in [0.717, 1.165) is 17.7 Å². The summed E-state index contributed by atoms with van der Waals surface area (Å²) in [5, 5.41) is 0. The molecule has 0 bridgehead atoms. The predicted octanol–water partition coefficient (Wildman–Crippen LogP) is 2.92. The Hall–Kier alpha value is -1.16. The van der Waals surface area contributed by atoms with Crippen molar-refractivity contribution in [2.45, 2.75) is 26.3 Å². The third-order valence-corrected chi connectivity index (χ3v) is 3.64. The van der Waals surface area contributed by atoms with Crippen LogP contribution in [0, 0.1) is 0 Å². The van der Waals surface area contributed by atoms with Crippen LogP contribution in [-0.2, 0) is 0 Å². The molecule has 0 saturated heterocycles. The van der Waals surface area contributed by atoms with Crippen molar-refractivity contribution < 1.29 is 4.79 Å². The Kier molecular flexibility index (Phi) is 2.86. The van der Waals surface area contributed by atoms with Crippen LogP contribution in [-0.4, -0.2) is 16.3 Å². The van der Waals surface area contributed by atoms with Gasteiger partial charge in [0.05, 0.1) is 23.4 Å². The minimum absolute atomic E-state index is 0.101. The smallest absolute Gasteiger partial charge is 0.267 e. The van der Waals surface area contributed by atoms with Gasteiger partial charge in [0.2, 0.25) is 0 Å². The molecule has 0 spiro atoms. The summed E-state index contributed by atoms with van der Waals surface area (Å²) in [5.74, 6) is 0.101. The van der Waals surface area contributed by atoms with Gasteiger partial charge < -0.3 is 4.72 Å². The maximum atomic E-state index is 12.1. The summed E-state index contributed by atoms with van der Waals surface area (Å²) in [6.07, 6.45) is 0.961. The number of carbonyl (C=O) groups is 1. The molecule has 0 aliphatic carbocycles. The van der Waals surface area contributed by atoms with Gasteiger partial charge in [-0.2, -0.15) is 0 Å². The number of fused-ring (bicyclic) bond motifs is 1. The minimum Gasteiger partial charge on any atom is -0.311 e. The van der Waals surface area contributed by atoms with Crippen LogP contribution >= 0.6 is 12.1 Å². The molecule has 1 heterocycles. The van der Waals surface area contributed by atoms with Crippen molar-refractivity contribution in [3.63, 3.8) is 0 Å². The molecule has 1 aromatic carbocycles. The second-order valence-corrected chi connectivity index (χ2v) is 4.41. The molecule has 1 aliphatic heterocycles. The third kappa shape index (κ3) is 1.81. The van der Waals surface area contributed by atoms with E-state index in [1.165, 1.54) is 12.1 Å². The van der Waals surface area contributed by atoms with E-state index in [2.05, 4.69) is 18.6 Å². The molecular weight excluding hydrogens is 208 g/mol. The van der Waals surface area contributed by atoms with E-state index in [4.69, 9.17) is 0 Å². The number of hydrogen-bond donors (Lipinski definition) is 1. The number of para-hydroxylation sites is 1. The maximum absolute atomic E-state index is 12.1. The Labute approximate surface area is 94.1 Å². The summed E-state index contributed by atoms with van der Waals surface area (Å²) in [7, 11) is 0.